The minimum absolute atomic E-state index is 0. The molecule has 2 heterocycles. The Bertz CT molecular complexity index is 1110. The second-order valence-electron chi connectivity index (χ2n) is 6.09. The zero-order valence-electron chi connectivity index (χ0n) is 15.9. The van der Waals surface area contributed by atoms with Gasteiger partial charge >= 0.3 is 0 Å². The van der Waals surface area contributed by atoms with Gasteiger partial charge in [0.2, 0.25) is 0 Å². The second-order valence-corrected chi connectivity index (χ2v) is 7.14. The smallest absolute Gasteiger partial charge is 0.155 e. The number of thiophene rings is 1. The molecule has 0 bridgehead atoms. The molecular weight excluding hydrogens is 561 g/mol. The first-order valence-corrected chi connectivity index (χ1v) is 9.51. The molecule has 0 atom stereocenters. The van der Waals surface area contributed by atoms with Gasteiger partial charge in [-0.3, -0.25) is 9.78 Å². The molecule has 0 amide bonds. The van der Waals surface area contributed by atoms with E-state index in [-0.39, 0.29) is 31.6 Å². The van der Waals surface area contributed by atoms with Gasteiger partial charge in [-0.15, -0.1) is 47.2 Å². The molecule has 0 aliphatic rings. The summed E-state index contributed by atoms with van der Waals surface area (Å²) in [5, 5.41) is 8.36. The van der Waals surface area contributed by atoms with Gasteiger partial charge in [-0.2, -0.15) is 0 Å². The van der Waals surface area contributed by atoms with Crippen LogP contribution in [-0.4, -0.2) is 20.9 Å². The number of aromatic nitrogens is 2. The van der Waals surface area contributed by atoms with Crippen LogP contribution in [0, 0.1) is 6.07 Å². The first-order chi connectivity index (χ1) is 13.5. The molecule has 149 valence electrons. The Balaban J connectivity index is 0.000000327. The van der Waals surface area contributed by atoms with Crippen molar-refractivity contribution in [3.05, 3.63) is 84.9 Å². The van der Waals surface area contributed by atoms with Crippen LogP contribution in [0.1, 0.15) is 13.8 Å². The first kappa shape index (κ1) is 22.6. The van der Waals surface area contributed by atoms with Crippen LogP contribution in [0.5, 0.6) is 0 Å². The zero-order valence-corrected chi connectivity index (χ0v) is 19.1. The summed E-state index contributed by atoms with van der Waals surface area (Å²) in [6.45, 7) is 2.85. The van der Waals surface area contributed by atoms with Gasteiger partial charge in [0.25, 0.3) is 0 Å². The van der Waals surface area contributed by atoms with Gasteiger partial charge in [-0.05, 0) is 25.5 Å². The van der Waals surface area contributed by atoms with Gasteiger partial charge in [-0.1, -0.05) is 30.3 Å². The number of benzene rings is 2. The van der Waals surface area contributed by atoms with Crippen molar-refractivity contribution in [2.24, 2.45) is 0 Å². The molecule has 0 unspecified atom stereocenters. The summed E-state index contributed by atoms with van der Waals surface area (Å²) in [6.07, 6.45) is 2.79. The number of hydrogen-bond acceptors (Lipinski definition) is 5. The third kappa shape index (κ3) is 6.16. The predicted octanol–water partition coefficient (Wildman–Crippen LogP) is 5.86. The van der Waals surface area contributed by atoms with Crippen molar-refractivity contribution in [2.45, 2.75) is 13.8 Å². The second kappa shape index (κ2) is 10.8. The van der Waals surface area contributed by atoms with Gasteiger partial charge in [0.1, 0.15) is 6.33 Å². The maximum absolute atomic E-state index is 10.0. The fourth-order valence-electron chi connectivity index (χ4n) is 2.63. The van der Waals surface area contributed by atoms with Crippen LogP contribution in [-0.2, 0) is 24.9 Å². The number of rotatable bonds is 3. The molecule has 4 rings (SSSR count). The molecular formula is C23H19IrN2O2S-. The van der Waals surface area contributed by atoms with E-state index < -0.39 is 0 Å². The Labute approximate surface area is 187 Å². The summed E-state index contributed by atoms with van der Waals surface area (Å²) < 4.78 is 1.11. The van der Waals surface area contributed by atoms with Gasteiger partial charge < -0.3 is 5.11 Å². The van der Waals surface area contributed by atoms with Crippen LogP contribution in [0.4, 0.5) is 0 Å². The van der Waals surface area contributed by atoms with E-state index in [9.17, 15) is 4.79 Å². The van der Waals surface area contributed by atoms with Crippen molar-refractivity contribution in [3.8, 4) is 21.7 Å². The van der Waals surface area contributed by atoms with Crippen molar-refractivity contribution >= 4 is 27.3 Å². The Morgan fingerprint density at radius 1 is 1.07 bits per heavy atom. The Morgan fingerprint density at radius 2 is 1.79 bits per heavy atom. The van der Waals surface area contributed by atoms with Crippen LogP contribution in [0.3, 0.4) is 0 Å². The quantitative estimate of drug-likeness (QED) is 0.188. The van der Waals surface area contributed by atoms with Crippen LogP contribution in [0.25, 0.3) is 31.9 Å². The average Bonchev–Trinajstić information content (AvgIpc) is 3.13. The monoisotopic (exact) mass is 580 g/mol. The third-order valence-electron chi connectivity index (χ3n) is 3.75. The van der Waals surface area contributed by atoms with E-state index in [1.165, 1.54) is 30.4 Å². The molecule has 4 aromatic rings. The normalized spacial score (nSPS) is 10.6. The van der Waals surface area contributed by atoms with Crippen molar-refractivity contribution in [3.63, 3.8) is 0 Å². The molecule has 0 aliphatic carbocycles. The number of nitrogens with zero attached hydrogens (tertiary/aromatic N) is 2. The van der Waals surface area contributed by atoms with E-state index in [1.54, 1.807) is 17.7 Å². The molecule has 6 heteroatoms. The fourth-order valence-corrected chi connectivity index (χ4v) is 3.75. The molecule has 0 saturated heterocycles. The summed E-state index contributed by atoms with van der Waals surface area (Å²) in [5.41, 5.74) is 4.16. The van der Waals surface area contributed by atoms with Crippen LogP contribution in [0.2, 0.25) is 0 Å². The minimum Gasteiger partial charge on any atom is -0.512 e. The Hall–Kier alpha value is -2.66. The number of fused-ring (bicyclic) bond motifs is 1. The average molecular weight is 580 g/mol. The van der Waals surface area contributed by atoms with Gasteiger partial charge in [0, 0.05) is 41.5 Å². The Morgan fingerprint density at radius 3 is 2.38 bits per heavy atom. The Kier molecular flexibility index (Phi) is 8.40. The van der Waals surface area contributed by atoms with E-state index in [0.717, 1.165) is 21.5 Å². The SMILES string of the molecule is CC(=O)/C=C(/C)O.[Ir].[c-]1ccccc1-c1ncnc2cc(-c3ccccc3)sc12. The van der Waals surface area contributed by atoms with Crippen LogP contribution >= 0.6 is 11.3 Å². The minimum atomic E-state index is -0.125. The van der Waals surface area contributed by atoms with Crippen LogP contribution in [0.15, 0.2) is 78.8 Å². The van der Waals surface area contributed by atoms with E-state index in [0.29, 0.717) is 0 Å². The fraction of sp³-hybridized carbons (Fsp3) is 0.0870. The van der Waals surface area contributed by atoms with Crippen LogP contribution < -0.4 is 0 Å². The number of aliphatic hydroxyl groups excluding tert-OH is 1. The molecule has 1 radical (unpaired) electrons. The number of allylic oxidation sites excluding steroid dienone is 2. The molecule has 2 aromatic heterocycles. The summed E-state index contributed by atoms with van der Waals surface area (Å²) in [5.74, 6) is -0.0625. The molecule has 1 N–H and O–H groups in total. The van der Waals surface area contributed by atoms with E-state index in [4.69, 9.17) is 5.11 Å². The number of hydrogen-bond donors (Lipinski definition) is 1. The topological polar surface area (TPSA) is 63.1 Å². The van der Waals surface area contributed by atoms with E-state index >= 15 is 0 Å². The van der Waals surface area contributed by atoms with Gasteiger partial charge in [-0.25, -0.2) is 4.98 Å². The van der Waals surface area contributed by atoms with Crippen molar-refractivity contribution in [2.75, 3.05) is 0 Å². The molecule has 0 saturated carbocycles. The van der Waals surface area contributed by atoms with E-state index in [2.05, 4.69) is 46.4 Å². The first-order valence-electron chi connectivity index (χ1n) is 8.69. The summed E-state index contributed by atoms with van der Waals surface area (Å²) in [4.78, 5) is 20.1. The maximum atomic E-state index is 10.0. The molecule has 0 aliphatic heterocycles. The summed E-state index contributed by atoms with van der Waals surface area (Å²) in [6, 6.07) is 23.7. The van der Waals surface area contributed by atoms with Crippen molar-refractivity contribution in [1.29, 1.82) is 0 Å². The summed E-state index contributed by atoms with van der Waals surface area (Å²) >= 11 is 1.73. The third-order valence-corrected chi connectivity index (χ3v) is 4.93. The molecule has 0 spiro atoms. The summed E-state index contributed by atoms with van der Waals surface area (Å²) in [7, 11) is 0. The predicted molar refractivity (Wildman–Crippen MR) is 114 cm³/mol. The number of ketones is 1. The largest absolute Gasteiger partial charge is 0.512 e. The van der Waals surface area contributed by atoms with Gasteiger partial charge in [0.15, 0.2) is 5.78 Å². The molecule has 4 nitrogen and oxygen atoms in total. The van der Waals surface area contributed by atoms with Gasteiger partial charge in [0.05, 0.1) is 11.3 Å². The standard InChI is InChI=1S/C18H11N2S.C5H8O2.Ir/c1-3-7-13(8-4-1)16-11-15-18(21-16)17(20-12-19-15)14-9-5-2-6-10-14;1-4(6)3-5(2)7;/h1-9,11-12H;3,6H,1-2H3;/q-1;;/b;4-3-;. The maximum Gasteiger partial charge on any atom is 0.155 e. The molecule has 0 fully saturated rings. The van der Waals surface area contributed by atoms with E-state index in [1.807, 2.05) is 30.3 Å². The molecule has 2 aromatic carbocycles. The number of aliphatic hydroxyl groups is 1. The zero-order chi connectivity index (χ0) is 19.9. The number of carbonyl (C=O) groups excluding carboxylic acids is 1. The van der Waals surface area contributed by atoms with Crippen molar-refractivity contribution in [1.82, 2.24) is 9.97 Å². The van der Waals surface area contributed by atoms with Crippen molar-refractivity contribution < 1.29 is 30.0 Å². The molecule has 29 heavy (non-hydrogen) atoms. The number of carbonyl (C=O) groups is 1.